The summed E-state index contributed by atoms with van der Waals surface area (Å²) in [4.78, 5) is 14.8. The number of rotatable bonds is 4. The number of amides is 1. The third-order valence-electron chi connectivity index (χ3n) is 3.45. The van der Waals surface area contributed by atoms with Crippen LogP contribution in [0.2, 0.25) is 0 Å². The minimum Gasteiger partial charge on any atom is -0.356 e. The maximum Gasteiger partial charge on any atom is 0.391 e. The summed E-state index contributed by atoms with van der Waals surface area (Å²) < 4.78 is 42.8. The van der Waals surface area contributed by atoms with Gasteiger partial charge in [0.25, 0.3) is 0 Å². The fourth-order valence-corrected chi connectivity index (χ4v) is 2.39. The highest BCUT2D eigenvalue weighted by Crippen LogP contribution is 2.45. The molecular formula is C12H16F3N3O2. The Morgan fingerprint density at radius 2 is 2.20 bits per heavy atom. The minimum absolute atomic E-state index is 0.0107. The zero-order valence-corrected chi connectivity index (χ0v) is 11.0. The molecule has 2 unspecified atom stereocenters. The van der Waals surface area contributed by atoms with Gasteiger partial charge in [-0.3, -0.25) is 4.79 Å². The fraction of sp³-hybridized carbons (Fsp3) is 0.750. The molecule has 0 spiro atoms. The molecule has 0 radical (unpaired) electrons. The van der Waals surface area contributed by atoms with Gasteiger partial charge in [-0.15, -0.1) is 0 Å². The zero-order valence-electron chi connectivity index (χ0n) is 11.0. The lowest BCUT2D eigenvalue weighted by atomic mass is 10.0. The summed E-state index contributed by atoms with van der Waals surface area (Å²) in [6, 6.07) is 0. The Morgan fingerprint density at radius 3 is 2.80 bits per heavy atom. The van der Waals surface area contributed by atoms with Crippen molar-refractivity contribution in [2.75, 3.05) is 6.54 Å². The number of carbonyl (C=O) groups is 1. The van der Waals surface area contributed by atoms with Gasteiger partial charge in [-0.2, -0.15) is 18.2 Å². The van der Waals surface area contributed by atoms with Crippen LogP contribution in [0.3, 0.4) is 0 Å². The van der Waals surface area contributed by atoms with Crippen molar-refractivity contribution in [1.29, 1.82) is 0 Å². The van der Waals surface area contributed by atoms with Crippen LogP contribution in [0.5, 0.6) is 0 Å². The van der Waals surface area contributed by atoms with Gasteiger partial charge in [0.1, 0.15) is 0 Å². The number of alkyl halides is 3. The van der Waals surface area contributed by atoms with Gasteiger partial charge in [0.15, 0.2) is 5.82 Å². The molecule has 8 heteroatoms. The molecule has 20 heavy (non-hydrogen) atoms. The van der Waals surface area contributed by atoms with Crippen LogP contribution in [0.4, 0.5) is 13.2 Å². The van der Waals surface area contributed by atoms with Crippen LogP contribution in [0.1, 0.15) is 43.8 Å². The molecular weight excluding hydrogens is 275 g/mol. The summed E-state index contributed by atoms with van der Waals surface area (Å²) >= 11 is 0. The van der Waals surface area contributed by atoms with E-state index in [0.717, 1.165) is 0 Å². The van der Waals surface area contributed by atoms with Crippen molar-refractivity contribution in [3.05, 3.63) is 11.7 Å². The monoisotopic (exact) mass is 291 g/mol. The average molecular weight is 291 g/mol. The van der Waals surface area contributed by atoms with E-state index in [1.165, 1.54) is 6.92 Å². The molecule has 1 aromatic heterocycles. The second kappa shape index (κ2) is 5.80. The van der Waals surface area contributed by atoms with Gasteiger partial charge in [-0.05, 0) is 19.3 Å². The smallest absolute Gasteiger partial charge is 0.356 e. The predicted octanol–water partition coefficient (Wildman–Crippen LogP) is 2.19. The highest BCUT2D eigenvalue weighted by Gasteiger charge is 2.45. The summed E-state index contributed by atoms with van der Waals surface area (Å²) in [5.74, 6) is -1.07. The fourth-order valence-electron chi connectivity index (χ4n) is 2.39. The molecule has 1 aromatic rings. The van der Waals surface area contributed by atoms with Gasteiger partial charge < -0.3 is 9.84 Å². The Kier molecular flexibility index (Phi) is 4.29. The Balaban J connectivity index is 1.88. The van der Waals surface area contributed by atoms with Crippen molar-refractivity contribution in [3.8, 4) is 0 Å². The topological polar surface area (TPSA) is 68.0 Å². The molecule has 5 nitrogen and oxygen atoms in total. The van der Waals surface area contributed by atoms with Crippen molar-refractivity contribution >= 4 is 5.91 Å². The third kappa shape index (κ3) is 3.71. The highest BCUT2D eigenvalue weighted by molar-refractivity contribution is 5.72. The number of halogens is 3. The lowest BCUT2D eigenvalue weighted by Crippen LogP contribution is -2.22. The molecule has 1 aliphatic carbocycles. The molecule has 1 aliphatic rings. The van der Waals surface area contributed by atoms with Gasteiger partial charge in [-0.1, -0.05) is 5.16 Å². The standard InChI is InChI=1S/C12H16F3N3O2/c1-7(19)16-5-4-10-17-11(20-18-10)8-2-3-9(6-8)12(13,14)15/h8-9H,2-6H2,1H3,(H,16,19). The van der Waals surface area contributed by atoms with E-state index in [1.54, 1.807) is 0 Å². The van der Waals surface area contributed by atoms with E-state index in [4.69, 9.17) is 4.52 Å². The molecule has 0 saturated heterocycles. The molecule has 2 rings (SSSR count). The van der Waals surface area contributed by atoms with Crippen molar-refractivity contribution < 1.29 is 22.5 Å². The number of aromatic nitrogens is 2. The van der Waals surface area contributed by atoms with Gasteiger partial charge in [-0.25, -0.2) is 0 Å². The third-order valence-corrected chi connectivity index (χ3v) is 3.45. The summed E-state index contributed by atoms with van der Waals surface area (Å²) in [6.45, 7) is 1.78. The van der Waals surface area contributed by atoms with E-state index in [-0.39, 0.29) is 30.6 Å². The van der Waals surface area contributed by atoms with Crippen LogP contribution in [-0.2, 0) is 11.2 Å². The van der Waals surface area contributed by atoms with Crippen molar-refractivity contribution in [3.63, 3.8) is 0 Å². The first kappa shape index (κ1) is 14.8. The van der Waals surface area contributed by atoms with Crippen molar-refractivity contribution in [1.82, 2.24) is 15.5 Å². The summed E-state index contributed by atoms with van der Waals surface area (Å²) in [5.41, 5.74) is 0. The highest BCUT2D eigenvalue weighted by atomic mass is 19.4. The Hall–Kier alpha value is -1.60. The Bertz CT molecular complexity index is 473. The van der Waals surface area contributed by atoms with Crippen LogP contribution in [-0.4, -0.2) is 28.8 Å². The number of carbonyl (C=O) groups excluding carboxylic acids is 1. The lowest BCUT2D eigenvalue weighted by molar-refractivity contribution is -0.172. The quantitative estimate of drug-likeness (QED) is 0.923. The summed E-state index contributed by atoms with van der Waals surface area (Å²) in [6.07, 6.45) is -3.21. The van der Waals surface area contributed by atoms with Crippen LogP contribution in [0.25, 0.3) is 0 Å². The van der Waals surface area contributed by atoms with Gasteiger partial charge >= 0.3 is 6.18 Å². The number of nitrogens with one attached hydrogen (secondary N) is 1. The largest absolute Gasteiger partial charge is 0.391 e. The van der Waals surface area contributed by atoms with E-state index >= 15 is 0 Å². The molecule has 1 saturated carbocycles. The molecule has 1 N–H and O–H groups in total. The molecule has 1 fully saturated rings. The van der Waals surface area contributed by atoms with Crippen molar-refractivity contribution in [2.45, 2.75) is 44.7 Å². The number of hydrogen-bond acceptors (Lipinski definition) is 4. The molecule has 112 valence electrons. The molecule has 2 atom stereocenters. The molecule has 0 aromatic carbocycles. The van der Waals surface area contributed by atoms with Gasteiger partial charge in [0.2, 0.25) is 11.8 Å². The molecule has 1 heterocycles. The molecule has 1 amide bonds. The van der Waals surface area contributed by atoms with E-state index in [9.17, 15) is 18.0 Å². The van der Waals surface area contributed by atoms with E-state index < -0.39 is 12.1 Å². The van der Waals surface area contributed by atoms with Gasteiger partial charge in [0.05, 0.1) is 5.92 Å². The first-order valence-corrected chi connectivity index (χ1v) is 6.50. The Morgan fingerprint density at radius 1 is 1.45 bits per heavy atom. The zero-order chi connectivity index (χ0) is 14.8. The van der Waals surface area contributed by atoms with Gasteiger partial charge in [0, 0.05) is 25.8 Å². The van der Waals surface area contributed by atoms with Crippen LogP contribution < -0.4 is 5.32 Å². The SMILES string of the molecule is CC(=O)NCCc1noc(C2CCC(C(F)(F)F)C2)n1. The minimum atomic E-state index is -4.15. The normalized spacial score (nSPS) is 23.0. The first-order chi connectivity index (χ1) is 9.36. The molecule has 0 aliphatic heterocycles. The summed E-state index contributed by atoms with van der Waals surface area (Å²) in [7, 11) is 0. The van der Waals surface area contributed by atoms with Crippen LogP contribution in [0, 0.1) is 5.92 Å². The second-order valence-corrected chi connectivity index (χ2v) is 5.03. The summed E-state index contributed by atoms with van der Waals surface area (Å²) in [5, 5.41) is 6.32. The van der Waals surface area contributed by atoms with E-state index in [1.807, 2.05) is 0 Å². The van der Waals surface area contributed by atoms with Crippen molar-refractivity contribution in [2.24, 2.45) is 5.92 Å². The second-order valence-electron chi connectivity index (χ2n) is 5.03. The van der Waals surface area contributed by atoms with E-state index in [2.05, 4.69) is 15.5 Å². The maximum atomic E-state index is 12.6. The predicted molar refractivity (Wildman–Crippen MR) is 62.8 cm³/mol. The molecule has 0 bridgehead atoms. The van der Waals surface area contributed by atoms with E-state index in [0.29, 0.717) is 25.2 Å². The lowest BCUT2D eigenvalue weighted by Gasteiger charge is -2.13. The number of nitrogens with zero attached hydrogens (tertiary/aromatic N) is 2. The first-order valence-electron chi connectivity index (χ1n) is 6.50. The van der Waals surface area contributed by atoms with Crippen LogP contribution in [0.15, 0.2) is 4.52 Å². The number of hydrogen-bond donors (Lipinski definition) is 1. The van der Waals surface area contributed by atoms with Crippen LogP contribution >= 0.6 is 0 Å². The maximum absolute atomic E-state index is 12.6. The Labute approximate surface area is 113 Å². The average Bonchev–Trinajstić information content (AvgIpc) is 2.94.